The summed E-state index contributed by atoms with van der Waals surface area (Å²) in [6.45, 7) is -1.68. The van der Waals surface area contributed by atoms with E-state index in [2.05, 4.69) is 25.0 Å². The highest BCUT2D eigenvalue weighted by Crippen LogP contribution is 2.54. The van der Waals surface area contributed by atoms with Gasteiger partial charge in [-0.15, -0.1) is 10.2 Å². The van der Waals surface area contributed by atoms with Crippen molar-refractivity contribution in [3.05, 3.63) is 36.0 Å². The number of halogens is 6. The summed E-state index contributed by atoms with van der Waals surface area (Å²) in [5, 5.41) is 11.6. The van der Waals surface area contributed by atoms with Gasteiger partial charge in [-0.1, -0.05) is 0 Å². The van der Waals surface area contributed by atoms with Crippen molar-refractivity contribution in [1.29, 1.82) is 0 Å². The molecule has 4 rings (SSSR count). The van der Waals surface area contributed by atoms with Crippen LogP contribution in [0.25, 0.3) is 16.9 Å². The van der Waals surface area contributed by atoms with Crippen molar-refractivity contribution in [1.82, 2.24) is 24.8 Å². The van der Waals surface area contributed by atoms with E-state index >= 15 is 0 Å². The van der Waals surface area contributed by atoms with Crippen molar-refractivity contribution in [2.45, 2.75) is 24.4 Å². The number of ether oxygens (including phenoxy) is 1. The number of hydrogen-bond donors (Lipinski definition) is 0. The van der Waals surface area contributed by atoms with E-state index in [9.17, 15) is 26.3 Å². The molecule has 3 heterocycles. The Hall–Kier alpha value is -2.92. The zero-order valence-electron chi connectivity index (χ0n) is 13.2. The van der Waals surface area contributed by atoms with Crippen molar-refractivity contribution < 1.29 is 31.1 Å². The summed E-state index contributed by atoms with van der Waals surface area (Å²) in [4.78, 5) is 3.52. The summed E-state index contributed by atoms with van der Waals surface area (Å²) in [5.41, 5.74) is 0.507. The lowest BCUT2D eigenvalue weighted by Gasteiger charge is -2.09. The second kappa shape index (κ2) is 5.79. The van der Waals surface area contributed by atoms with Gasteiger partial charge in [0.25, 0.3) is 11.8 Å². The highest BCUT2D eigenvalue weighted by Gasteiger charge is 2.60. The van der Waals surface area contributed by atoms with Crippen LogP contribution in [-0.2, 0) is 0 Å². The number of hydrogen-bond acceptors (Lipinski definition) is 5. The molecule has 1 saturated carbocycles. The molecule has 1 fully saturated rings. The Morgan fingerprint density at radius 3 is 2.59 bits per heavy atom. The molecule has 0 radical (unpaired) electrons. The predicted molar refractivity (Wildman–Crippen MR) is 77.8 cm³/mol. The fraction of sp³-hybridized carbons (Fsp3) is 0.333. The summed E-state index contributed by atoms with van der Waals surface area (Å²) >= 11 is 0. The number of pyridine rings is 1. The molecular weight excluding hydrogens is 380 g/mol. The largest absolute Gasteiger partial charge is 0.466 e. The topological polar surface area (TPSA) is 65.2 Å². The van der Waals surface area contributed by atoms with E-state index in [4.69, 9.17) is 0 Å². The van der Waals surface area contributed by atoms with Crippen molar-refractivity contribution in [2.24, 2.45) is 0 Å². The standard InChI is InChI=1S/C15H9F6N5O/c16-9-3-7(5-22-13(9)27-6-15(19,20)21)10-1-2-11-23-24-12(26(11)25-10)8-4-14(8,17)18/h1-3,5,8H,4,6H2/t8-/m0/s1. The molecule has 27 heavy (non-hydrogen) atoms. The van der Waals surface area contributed by atoms with Gasteiger partial charge in [0.1, 0.15) is 0 Å². The van der Waals surface area contributed by atoms with Crippen LogP contribution in [0.2, 0.25) is 0 Å². The molecule has 12 heteroatoms. The Labute approximate surface area is 146 Å². The molecule has 6 nitrogen and oxygen atoms in total. The van der Waals surface area contributed by atoms with Gasteiger partial charge in [0.15, 0.2) is 23.9 Å². The van der Waals surface area contributed by atoms with Crippen molar-refractivity contribution in [3.8, 4) is 17.1 Å². The van der Waals surface area contributed by atoms with Crippen molar-refractivity contribution in [2.75, 3.05) is 6.61 Å². The minimum Gasteiger partial charge on any atom is -0.466 e. The Kier molecular flexibility index (Phi) is 3.75. The first-order valence-electron chi connectivity index (χ1n) is 7.60. The normalized spacial score (nSPS) is 18.7. The van der Waals surface area contributed by atoms with Gasteiger partial charge in [-0.3, -0.25) is 0 Å². The molecule has 1 atom stereocenters. The van der Waals surface area contributed by atoms with Crippen LogP contribution in [0.15, 0.2) is 24.4 Å². The molecule has 0 spiro atoms. The maximum atomic E-state index is 14.0. The Balaban J connectivity index is 1.64. The molecule has 3 aromatic rings. The number of fused-ring (bicyclic) bond motifs is 1. The monoisotopic (exact) mass is 389 g/mol. The van der Waals surface area contributed by atoms with Crippen LogP contribution in [0.4, 0.5) is 26.3 Å². The molecule has 0 amide bonds. The number of rotatable bonds is 4. The predicted octanol–water partition coefficient (Wildman–Crippen LogP) is 3.39. The van der Waals surface area contributed by atoms with Crippen LogP contribution < -0.4 is 4.74 Å². The SMILES string of the molecule is Fc1cc(-c2ccc3nnc([C@@H]4CC4(F)F)n3n2)cnc1OCC(F)(F)F. The Morgan fingerprint density at radius 1 is 1.22 bits per heavy atom. The minimum absolute atomic E-state index is 0.0181. The Bertz CT molecular complexity index is 1020. The number of aromatic nitrogens is 5. The fourth-order valence-electron chi connectivity index (χ4n) is 2.49. The third-order valence-corrected chi connectivity index (χ3v) is 3.90. The van der Waals surface area contributed by atoms with Crippen LogP contribution in [0.5, 0.6) is 5.88 Å². The summed E-state index contributed by atoms with van der Waals surface area (Å²) in [6.07, 6.45) is -3.92. The average molecular weight is 389 g/mol. The molecule has 0 bridgehead atoms. The van der Waals surface area contributed by atoms with E-state index in [1.807, 2.05) is 0 Å². The molecule has 142 valence electrons. The van der Waals surface area contributed by atoms with E-state index in [0.29, 0.717) is 0 Å². The van der Waals surface area contributed by atoms with Gasteiger partial charge >= 0.3 is 6.18 Å². The van der Waals surface area contributed by atoms with Gasteiger partial charge in [-0.2, -0.15) is 22.8 Å². The molecule has 0 N–H and O–H groups in total. The van der Waals surface area contributed by atoms with E-state index < -0.39 is 36.3 Å². The molecule has 1 aliphatic carbocycles. The fourth-order valence-corrected chi connectivity index (χ4v) is 2.49. The quantitative estimate of drug-likeness (QED) is 0.640. The Morgan fingerprint density at radius 2 is 1.96 bits per heavy atom. The van der Waals surface area contributed by atoms with Crippen LogP contribution in [-0.4, -0.2) is 43.5 Å². The lowest BCUT2D eigenvalue weighted by molar-refractivity contribution is -0.154. The van der Waals surface area contributed by atoms with Gasteiger partial charge < -0.3 is 4.74 Å². The van der Waals surface area contributed by atoms with Crippen molar-refractivity contribution in [3.63, 3.8) is 0 Å². The van der Waals surface area contributed by atoms with Gasteiger partial charge in [0, 0.05) is 18.2 Å². The van der Waals surface area contributed by atoms with E-state index in [-0.39, 0.29) is 29.1 Å². The maximum absolute atomic E-state index is 14.0. The first-order valence-corrected chi connectivity index (χ1v) is 7.60. The number of nitrogens with zero attached hydrogens (tertiary/aromatic N) is 5. The van der Waals surface area contributed by atoms with E-state index in [1.54, 1.807) is 0 Å². The van der Waals surface area contributed by atoms with Crippen LogP contribution in [0.1, 0.15) is 18.2 Å². The van der Waals surface area contributed by atoms with E-state index in [1.165, 1.54) is 12.1 Å². The third-order valence-electron chi connectivity index (χ3n) is 3.90. The first-order chi connectivity index (χ1) is 12.6. The van der Waals surface area contributed by atoms with Gasteiger partial charge in [-0.25, -0.2) is 18.2 Å². The highest BCUT2D eigenvalue weighted by atomic mass is 19.4. The lowest BCUT2D eigenvalue weighted by Crippen LogP contribution is -2.20. The molecular formula is C15H9F6N5O. The van der Waals surface area contributed by atoms with Gasteiger partial charge in [-0.05, 0) is 18.2 Å². The zero-order valence-corrected chi connectivity index (χ0v) is 13.2. The zero-order chi connectivity index (χ0) is 19.4. The second-order valence-corrected chi connectivity index (χ2v) is 5.98. The van der Waals surface area contributed by atoms with Crippen LogP contribution >= 0.6 is 0 Å². The minimum atomic E-state index is -4.63. The average Bonchev–Trinajstić information content (AvgIpc) is 3.02. The van der Waals surface area contributed by atoms with Gasteiger partial charge in [0.05, 0.1) is 11.6 Å². The lowest BCUT2D eigenvalue weighted by atomic mass is 10.2. The summed E-state index contributed by atoms with van der Waals surface area (Å²) in [7, 11) is 0. The summed E-state index contributed by atoms with van der Waals surface area (Å²) in [5.74, 6) is -5.90. The van der Waals surface area contributed by atoms with Crippen LogP contribution in [0, 0.1) is 5.82 Å². The summed E-state index contributed by atoms with van der Waals surface area (Å²) in [6, 6.07) is 3.78. The molecule has 0 aromatic carbocycles. The highest BCUT2D eigenvalue weighted by molar-refractivity contribution is 5.60. The van der Waals surface area contributed by atoms with E-state index in [0.717, 1.165) is 16.8 Å². The summed E-state index contributed by atoms with van der Waals surface area (Å²) < 4.78 is 82.4. The smallest absolute Gasteiger partial charge is 0.422 e. The molecule has 0 aliphatic heterocycles. The van der Waals surface area contributed by atoms with Crippen molar-refractivity contribution >= 4 is 5.65 Å². The van der Waals surface area contributed by atoms with Gasteiger partial charge in [0.2, 0.25) is 0 Å². The molecule has 0 unspecified atom stereocenters. The number of alkyl halides is 5. The molecule has 0 saturated heterocycles. The first kappa shape index (κ1) is 17.5. The molecule has 3 aromatic heterocycles. The second-order valence-electron chi connectivity index (χ2n) is 5.98. The maximum Gasteiger partial charge on any atom is 0.422 e. The third kappa shape index (κ3) is 3.38. The molecule has 1 aliphatic rings. The van der Waals surface area contributed by atoms with Crippen LogP contribution in [0.3, 0.4) is 0 Å².